The smallest absolute Gasteiger partial charge is 0.0979 e. The summed E-state index contributed by atoms with van der Waals surface area (Å²) in [4.78, 5) is 10.2. The van der Waals surface area contributed by atoms with E-state index in [0.29, 0.717) is 5.92 Å². The van der Waals surface area contributed by atoms with Crippen molar-refractivity contribution in [2.45, 2.75) is 25.2 Å². The summed E-state index contributed by atoms with van der Waals surface area (Å²) in [7, 11) is 0. The van der Waals surface area contributed by atoms with Gasteiger partial charge in [-0.1, -0.05) is 188 Å². The summed E-state index contributed by atoms with van der Waals surface area (Å²) in [5.41, 5.74) is 19.0. The number of allylic oxidation sites excluding steroid dienone is 5. The molecule has 3 heteroatoms. The first-order valence-electron chi connectivity index (χ1n) is 22.8. The molecule has 0 amide bonds. The molecule has 0 bridgehead atoms. The van der Waals surface area contributed by atoms with Crippen molar-refractivity contribution in [3.63, 3.8) is 0 Å². The highest BCUT2D eigenvalue weighted by Crippen LogP contribution is 2.40. The van der Waals surface area contributed by atoms with Gasteiger partial charge in [-0.25, -0.2) is 4.98 Å². The zero-order valence-corrected chi connectivity index (χ0v) is 35.8. The molecule has 65 heavy (non-hydrogen) atoms. The summed E-state index contributed by atoms with van der Waals surface area (Å²) < 4.78 is 2.47. The fourth-order valence-electron chi connectivity index (χ4n) is 10.6. The molecule has 11 aromatic rings. The van der Waals surface area contributed by atoms with Gasteiger partial charge in [0.1, 0.15) is 0 Å². The molecule has 2 aromatic heterocycles. The average Bonchev–Trinajstić information content (AvgIpc) is 3.72. The molecule has 2 aliphatic carbocycles. The molecule has 1 atom stereocenters. The topological polar surface area (TPSA) is 30.7 Å². The Kier molecular flexibility index (Phi) is 8.80. The van der Waals surface area contributed by atoms with E-state index in [1.54, 1.807) is 0 Å². The molecule has 1 unspecified atom stereocenters. The quantitative estimate of drug-likeness (QED) is 0.156. The zero-order chi connectivity index (χ0) is 42.8. The molecule has 3 nitrogen and oxygen atoms in total. The molecule has 13 rings (SSSR count). The van der Waals surface area contributed by atoms with Crippen LogP contribution in [-0.2, 0) is 6.42 Å². The number of fused-ring (bicyclic) bond motifs is 10. The lowest BCUT2D eigenvalue weighted by Crippen LogP contribution is -2.07. The van der Waals surface area contributed by atoms with E-state index in [-0.39, 0.29) is 0 Å². The van der Waals surface area contributed by atoms with Crippen molar-refractivity contribution in [1.82, 2.24) is 14.5 Å². The van der Waals surface area contributed by atoms with Crippen LogP contribution in [0.4, 0.5) is 0 Å². The van der Waals surface area contributed by atoms with E-state index in [1.165, 1.54) is 77.2 Å². The second-order valence-corrected chi connectivity index (χ2v) is 17.5. The fraction of sp³-hybridized carbons (Fsp3) is 0.0645. The molecular formula is C62H43N3. The highest BCUT2D eigenvalue weighted by molar-refractivity contribution is 6.23. The normalized spacial score (nSPS) is 14.7. The molecule has 0 N–H and O–H groups in total. The molecule has 0 radical (unpaired) electrons. The standard InChI is InChI=1S/C62H43N3/c1-2-15-50-44(11-1)12-10-21-51(50)45-31-34-49(35-32-45)65-59-22-8-7-18-54(59)55-36-33-47(38-60(55)65)43-29-25-41(26-30-43)40-23-27-42(28-24-40)46-13-9-14-48(37-46)58-39-63-61-56-19-5-3-16-52(56)53-17-4-6-20-57(53)62(61)64-58/h1,3-14,16-31,33-39,45H,2,15,32H2. The summed E-state index contributed by atoms with van der Waals surface area (Å²) in [6, 6.07) is 66.2. The van der Waals surface area contributed by atoms with Crippen molar-refractivity contribution in [1.29, 1.82) is 0 Å². The molecular weight excluding hydrogens is 787 g/mol. The number of aromatic nitrogens is 3. The molecule has 0 saturated heterocycles. The number of benzene rings is 9. The lowest BCUT2D eigenvalue weighted by Gasteiger charge is -2.23. The second-order valence-electron chi connectivity index (χ2n) is 17.5. The van der Waals surface area contributed by atoms with Crippen molar-refractivity contribution in [3.05, 3.63) is 229 Å². The summed E-state index contributed by atoms with van der Waals surface area (Å²) in [6.07, 6.45) is 17.0. The van der Waals surface area contributed by atoms with Crippen LogP contribution in [0.3, 0.4) is 0 Å². The number of hydrogen-bond donors (Lipinski definition) is 0. The van der Waals surface area contributed by atoms with Crippen molar-refractivity contribution in [2.24, 2.45) is 0 Å². The SMILES string of the molecule is C1=Cc2cccc(C3C=CC(n4c5ccccc5c5ccc(-c6ccc(-c7ccc(-c8cccc(-c9cnc%10c%11ccccc%11c%11ccccc%11c%10n9)c8)cc7)cc6)cc54)=CC3)c2CC1. The molecule has 0 spiro atoms. The Labute approximate surface area is 378 Å². The Morgan fingerprint density at radius 3 is 1.78 bits per heavy atom. The maximum Gasteiger partial charge on any atom is 0.0979 e. The monoisotopic (exact) mass is 829 g/mol. The van der Waals surface area contributed by atoms with Gasteiger partial charge < -0.3 is 4.57 Å². The number of nitrogens with zero attached hydrogens (tertiary/aromatic N) is 3. The van der Waals surface area contributed by atoms with E-state index in [0.717, 1.165) is 63.5 Å². The Bertz CT molecular complexity index is 3750. The average molecular weight is 830 g/mol. The van der Waals surface area contributed by atoms with Gasteiger partial charge in [0.2, 0.25) is 0 Å². The summed E-state index contributed by atoms with van der Waals surface area (Å²) in [5, 5.41) is 7.22. The van der Waals surface area contributed by atoms with Crippen LogP contribution in [-0.4, -0.2) is 14.5 Å². The summed E-state index contributed by atoms with van der Waals surface area (Å²) in [5.74, 6) is 0.393. The first kappa shape index (κ1) is 37.4. The Morgan fingerprint density at radius 1 is 0.462 bits per heavy atom. The Balaban J connectivity index is 0.776. The number of rotatable bonds is 6. The third-order valence-electron chi connectivity index (χ3n) is 13.9. The van der Waals surface area contributed by atoms with Crippen LogP contribution in [0, 0.1) is 0 Å². The van der Waals surface area contributed by atoms with Crippen LogP contribution in [0.1, 0.15) is 35.4 Å². The van der Waals surface area contributed by atoms with Crippen molar-refractivity contribution in [2.75, 3.05) is 0 Å². The number of hydrogen-bond acceptors (Lipinski definition) is 2. The van der Waals surface area contributed by atoms with E-state index in [1.807, 2.05) is 6.20 Å². The molecule has 2 heterocycles. The molecule has 9 aromatic carbocycles. The minimum atomic E-state index is 0.393. The van der Waals surface area contributed by atoms with Gasteiger partial charge in [0, 0.05) is 38.7 Å². The van der Waals surface area contributed by atoms with Gasteiger partial charge in [-0.05, 0) is 104 Å². The third kappa shape index (κ3) is 6.34. The highest BCUT2D eigenvalue weighted by Gasteiger charge is 2.21. The van der Waals surface area contributed by atoms with Gasteiger partial charge in [0.15, 0.2) is 0 Å². The van der Waals surface area contributed by atoms with Gasteiger partial charge in [-0.2, -0.15) is 0 Å². The molecule has 0 saturated carbocycles. The maximum atomic E-state index is 5.24. The zero-order valence-electron chi connectivity index (χ0n) is 35.8. The first-order valence-corrected chi connectivity index (χ1v) is 22.8. The van der Waals surface area contributed by atoms with Crippen LogP contribution >= 0.6 is 0 Å². The fourth-order valence-corrected chi connectivity index (χ4v) is 10.6. The first-order chi connectivity index (χ1) is 32.2. The van der Waals surface area contributed by atoms with E-state index >= 15 is 0 Å². The molecule has 0 fully saturated rings. The lowest BCUT2D eigenvalue weighted by molar-refractivity contribution is 0.820. The van der Waals surface area contributed by atoms with Gasteiger partial charge in [-0.3, -0.25) is 4.98 Å². The van der Waals surface area contributed by atoms with Gasteiger partial charge in [0.05, 0.1) is 34.0 Å². The Morgan fingerprint density at radius 2 is 1.06 bits per heavy atom. The highest BCUT2D eigenvalue weighted by atomic mass is 15.0. The van der Waals surface area contributed by atoms with Crippen LogP contribution in [0.5, 0.6) is 0 Å². The molecule has 2 aliphatic rings. The van der Waals surface area contributed by atoms with Crippen molar-refractivity contribution in [3.8, 4) is 44.6 Å². The predicted octanol–water partition coefficient (Wildman–Crippen LogP) is 16.3. The second kappa shape index (κ2) is 15.3. The lowest BCUT2D eigenvalue weighted by atomic mass is 9.83. The van der Waals surface area contributed by atoms with Crippen LogP contribution in [0.25, 0.3) is 111 Å². The van der Waals surface area contributed by atoms with Crippen LogP contribution < -0.4 is 0 Å². The van der Waals surface area contributed by atoms with E-state index in [2.05, 4.69) is 217 Å². The van der Waals surface area contributed by atoms with Crippen LogP contribution in [0.2, 0.25) is 0 Å². The van der Waals surface area contributed by atoms with Gasteiger partial charge >= 0.3 is 0 Å². The van der Waals surface area contributed by atoms with Gasteiger partial charge in [0.25, 0.3) is 0 Å². The van der Waals surface area contributed by atoms with Gasteiger partial charge in [-0.15, -0.1) is 0 Å². The molecule has 306 valence electrons. The molecule has 0 aliphatic heterocycles. The number of para-hydroxylation sites is 1. The third-order valence-corrected chi connectivity index (χ3v) is 13.9. The minimum Gasteiger partial charge on any atom is -0.310 e. The van der Waals surface area contributed by atoms with E-state index in [4.69, 9.17) is 9.97 Å². The Hall–Kier alpha value is -8.14. The maximum absolute atomic E-state index is 5.24. The summed E-state index contributed by atoms with van der Waals surface area (Å²) in [6.45, 7) is 0. The largest absolute Gasteiger partial charge is 0.310 e. The van der Waals surface area contributed by atoms with Crippen molar-refractivity contribution < 1.29 is 0 Å². The van der Waals surface area contributed by atoms with Crippen molar-refractivity contribution >= 4 is 66.2 Å². The van der Waals surface area contributed by atoms with E-state index in [9.17, 15) is 0 Å². The van der Waals surface area contributed by atoms with E-state index < -0.39 is 0 Å². The minimum absolute atomic E-state index is 0.393. The van der Waals surface area contributed by atoms with Crippen LogP contribution in [0.15, 0.2) is 212 Å². The predicted molar refractivity (Wildman–Crippen MR) is 274 cm³/mol. The summed E-state index contributed by atoms with van der Waals surface area (Å²) >= 11 is 0.